The highest BCUT2D eigenvalue weighted by molar-refractivity contribution is 6.04. The van der Waals surface area contributed by atoms with Crippen LogP contribution in [0.4, 0.5) is 22.7 Å². The standard InChI is InChI=1S/C33H25N.C8H11N/c1-24-16-18-25(19-17-24)26-20-22-29(23-21-26)34(32-14-6-10-27-8-2-4-12-30(27)32)33-15-7-11-28-9-3-5-13-31(28)33;1-2-7-4-3-5-8(9)6-7/h2-23H,1H3;3-6H,2,9H2,1H3. The number of nitrogens with two attached hydrogens (primary N) is 1. The average molecular weight is 557 g/mol. The molecule has 0 saturated heterocycles. The lowest BCUT2D eigenvalue weighted by molar-refractivity contribution is 1.14. The number of benzene rings is 7. The zero-order valence-corrected chi connectivity index (χ0v) is 24.7. The zero-order valence-electron chi connectivity index (χ0n) is 24.7. The van der Waals surface area contributed by atoms with Gasteiger partial charge in [-0.25, -0.2) is 0 Å². The predicted molar refractivity (Wildman–Crippen MR) is 187 cm³/mol. The van der Waals surface area contributed by atoms with Crippen LogP contribution in [0.2, 0.25) is 0 Å². The molecule has 0 fully saturated rings. The zero-order chi connectivity index (χ0) is 29.6. The third-order valence-electron chi connectivity index (χ3n) is 7.88. The molecule has 2 N–H and O–H groups in total. The summed E-state index contributed by atoms with van der Waals surface area (Å²) in [5.41, 5.74) is 14.9. The topological polar surface area (TPSA) is 29.3 Å². The van der Waals surface area contributed by atoms with E-state index in [0.29, 0.717) is 0 Å². The summed E-state index contributed by atoms with van der Waals surface area (Å²) in [5.74, 6) is 0. The quantitative estimate of drug-likeness (QED) is 0.214. The number of rotatable bonds is 5. The van der Waals surface area contributed by atoms with Crippen LogP contribution in [0, 0.1) is 6.92 Å². The Morgan fingerprint density at radius 3 is 1.51 bits per heavy atom. The number of hydrogen-bond acceptors (Lipinski definition) is 2. The largest absolute Gasteiger partial charge is 0.399 e. The van der Waals surface area contributed by atoms with Crippen LogP contribution in [0.1, 0.15) is 18.1 Å². The van der Waals surface area contributed by atoms with Crippen molar-refractivity contribution in [3.8, 4) is 11.1 Å². The van der Waals surface area contributed by atoms with Crippen molar-refractivity contribution in [1.29, 1.82) is 0 Å². The SMILES string of the molecule is CCc1cccc(N)c1.Cc1ccc(-c2ccc(N(c3cccc4ccccc34)c3cccc4ccccc34)cc2)cc1. The van der Waals surface area contributed by atoms with Crippen LogP contribution in [0.15, 0.2) is 158 Å². The summed E-state index contributed by atoms with van der Waals surface area (Å²) < 4.78 is 0. The molecule has 7 aromatic carbocycles. The molecule has 0 amide bonds. The summed E-state index contributed by atoms with van der Waals surface area (Å²) in [7, 11) is 0. The Bertz CT molecular complexity index is 1880. The first-order valence-corrected chi connectivity index (χ1v) is 14.9. The average Bonchev–Trinajstić information content (AvgIpc) is 3.06. The summed E-state index contributed by atoms with van der Waals surface area (Å²) in [5, 5.41) is 4.95. The van der Waals surface area contributed by atoms with Gasteiger partial charge in [0.1, 0.15) is 0 Å². The molecule has 0 unspecified atom stereocenters. The second-order valence-corrected chi connectivity index (χ2v) is 10.8. The number of fused-ring (bicyclic) bond motifs is 2. The first kappa shape index (κ1) is 27.8. The fraction of sp³-hybridized carbons (Fsp3) is 0.0732. The van der Waals surface area contributed by atoms with Gasteiger partial charge in [0.05, 0.1) is 11.4 Å². The third-order valence-corrected chi connectivity index (χ3v) is 7.88. The molecule has 210 valence electrons. The number of anilines is 4. The molecule has 0 aromatic heterocycles. The van der Waals surface area contributed by atoms with E-state index >= 15 is 0 Å². The summed E-state index contributed by atoms with van der Waals surface area (Å²) in [6, 6.07) is 55.9. The van der Waals surface area contributed by atoms with Gasteiger partial charge in [-0.3, -0.25) is 0 Å². The highest BCUT2D eigenvalue weighted by Gasteiger charge is 2.17. The van der Waals surface area contributed by atoms with E-state index < -0.39 is 0 Å². The molecule has 0 spiro atoms. The molecule has 2 nitrogen and oxygen atoms in total. The van der Waals surface area contributed by atoms with E-state index in [1.165, 1.54) is 55.2 Å². The van der Waals surface area contributed by atoms with Crippen LogP contribution >= 0.6 is 0 Å². The van der Waals surface area contributed by atoms with Gasteiger partial charge in [0, 0.05) is 22.1 Å². The van der Waals surface area contributed by atoms with Crippen LogP contribution in [0.5, 0.6) is 0 Å². The first-order chi connectivity index (χ1) is 21.1. The molecular formula is C41H36N2. The maximum absolute atomic E-state index is 5.53. The van der Waals surface area contributed by atoms with E-state index in [1.54, 1.807) is 0 Å². The summed E-state index contributed by atoms with van der Waals surface area (Å²) in [6.07, 6.45) is 1.06. The van der Waals surface area contributed by atoms with Crippen LogP contribution in [-0.2, 0) is 6.42 Å². The van der Waals surface area contributed by atoms with Gasteiger partial charge in [-0.1, -0.05) is 134 Å². The Morgan fingerprint density at radius 1 is 0.512 bits per heavy atom. The van der Waals surface area contributed by atoms with E-state index in [0.717, 1.165) is 17.8 Å². The Morgan fingerprint density at radius 2 is 1.00 bits per heavy atom. The minimum absolute atomic E-state index is 0.856. The van der Waals surface area contributed by atoms with Gasteiger partial charge < -0.3 is 10.6 Å². The van der Waals surface area contributed by atoms with Crippen LogP contribution in [0.3, 0.4) is 0 Å². The number of nitrogen functional groups attached to an aromatic ring is 1. The van der Waals surface area contributed by atoms with Gasteiger partial charge in [-0.2, -0.15) is 0 Å². The lowest BCUT2D eigenvalue weighted by Crippen LogP contribution is -2.11. The molecule has 2 heteroatoms. The van der Waals surface area contributed by atoms with Gasteiger partial charge in [0.25, 0.3) is 0 Å². The van der Waals surface area contributed by atoms with Crippen molar-refractivity contribution in [3.63, 3.8) is 0 Å². The van der Waals surface area contributed by atoms with E-state index in [-0.39, 0.29) is 0 Å². The molecule has 0 aliphatic carbocycles. The molecular weight excluding hydrogens is 520 g/mol. The molecule has 7 aromatic rings. The Labute approximate surface area is 254 Å². The molecule has 0 aliphatic rings. The normalized spacial score (nSPS) is 10.7. The maximum Gasteiger partial charge on any atom is 0.0540 e. The highest BCUT2D eigenvalue weighted by atomic mass is 15.1. The van der Waals surface area contributed by atoms with E-state index in [4.69, 9.17) is 5.73 Å². The van der Waals surface area contributed by atoms with Crippen LogP contribution in [-0.4, -0.2) is 0 Å². The van der Waals surface area contributed by atoms with Crippen molar-refractivity contribution < 1.29 is 0 Å². The lowest BCUT2D eigenvalue weighted by Gasteiger charge is -2.28. The predicted octanol–water partition coefficient (Wildman–Crippen LogP) is 11.3. The first-order valence-electron chi connectivity index (χ1n) is 14.9. The molecule has 0 heterocycles. The van der Waals surface area contributed by atoms with Crippen LogP contribution in [0.25, 0.3) is 32.7 Å². The minimum atomic E-state index is 0.856. The summed E-state index contributed by atoms with van der Waals surface area (Å²) >= 11 is 0. The minimum Gasteiger partial charge on any atom is -0.399 e. The molecule has 0 aliphatic heterocycles. The van der Waals surface area contributed by atoms with Crippen molar-refractivity contribution in [2.24, 2.45) is 0 Å². The molecule has 7 rings (SSSR count). The summed E-state index contributed by atoms with van der Waals surface area (Å²) in [6.45, 7) is 4.24. The number of nitrogens with zero attached hydrogens (tertiary/aromatic N) is 1. The van der Waals surface area contributed by atoms with Gasteiger partial charge in [0.15, 0.2) is 0 Å². The lowest BCUT2D eigenvalue weighted by atomic mass is 10.0. The van der Waals surface area contributed by atoms with Crippen molar-refractivity contribution in [2.45, 2.75) is 20.3 Å². The van der Waals surface area contributed by atoms with E-state index in [2.05, 4.69) is 158 Å². The third kappa shape index (κ3) is 6.14. The molecule has 0 bridgehead atoms. The molecule has 0 saturated carbocycles. The Hall–Kier alpha value is -5.34. The molecule has 43 heavy (non-hydrogen) atoms. The van der Waals surface area contributed by atoms with Crippen molar-refractivity contribution in [1.82, 2.24) is 0 Å². The van der Waals surface area contributed by atoms with Crippen molar-refractivity contribution in [3.05, 3.63) is 169 Å². The fourth-order valence-corrected chi connectivity index (χ4v) is 5.58. The van der Waals surface area contributed by atoms with Crippen molar-refractivity contribution in [2.75, 3.05) is 10.6 Å². The Balaban J connectivity index is 0.000000315. The molecule has 0 radical (unpaired) electrons. The number of aryl methyl sites for hydroxylation is 2. The smallest absolute Gasteiger partial charge is 0.0540 e. The molecule has 0 atom stereocenters. The van der Waals surface area contributed by atoms with Crippen molar-refractivity contribution >= 4 is 44.3 Å². The second-order valence-electron chi connectivity index (χ2n) is 10.8. The number of hydrogen-bond donors (Lipinski definition) is 1. The Kier molecular flexibility index (Phi) is 8.19. The van der Waals surface area contributed by atoms with Crippen LogP contribution < -0.4 is 10.6 Å². The van der Waals surface area contributed by atoms with Gasteiger partial charge in [-0.05, 0) is 77.2 Å². The van der Waals surface area contributed by atoms with Gasteiger partial charge >= 0.3 is 0 Å². The second kappa shape index (κ2) is 12.7. The maximum atomic E-state index is 5.53. The van der Waals surface area contributed by atoms with Gasteiger partial charge in [0.2, 0.25) is 0 Å². The van der Waals surface area contributed by atoms with E-state index in [1.807, 2.05) is 18.2 Å². The van der Waals surface area contributed by atoms with E-state index in [9.17, 15) is 0 Å². The highest BCUT2D eigenvalue weighted by Crippen LogP contribution is 2.42. The fourth-order valence-electron chi connectivity index (χ4n) is 5.58. The monoisotopic (exact) mass is 556 g/mol. The summed E-state index contributed by atoms with van der Waals surface area (Å²) in [4.78, 5) is 2.39. The van der Waals surface area contributed by atoms with Gasteiger partial charge in [-0.15, -0.1) is 0 Å².